The van der Waals surface area contributed by atoms with Crippen molar-refractivity contribution in [1.82, 2.24) is 0 Å². The molecule has 0 saturated carbocycles. The third-order valence-electron chi connectivity index (χ3n) is 4.43. The van der Waals surface area contributed by atoms with Gasteiger partial charge in [0.15, 0.2) is 5.78 Å². The first-order valence-electron chi connectivity index (χ1n) is 9.14. The number of esters is 1. The molecule has 0 fully saturated rings. The lowest BCUT2D eigenvalue weighted by Crippen LogP contribution is -2.37. The molecule has 0 aliphatic rings. The molecule has 148 valence electrons. The zero-order valence-corrected chi connectivity index (χ0v) is 16.3. The number of rotatable bonds is 8. The van der Waals surface area contributed by atoms with E-state index >= 15 is 0 Å². The number of hydrogen-bond donors (Lipinski definition) is 0. The van der Waals surface area contributed by atoms with Crippen molar-refractivity contribution in [3.05, 3.63) is 65.0 Å². The Hall–Kier alpha value is -3.02. The van der Waals surface area contributed by atoms with E-state index < -0.39 is 24.2 Å². The van der Waals surface area contributed by atoms with Gasteiger partial charge in [-0.1, -0.05) is 24.3 Å². The molecule has 2 rings (SSSR count). The molecular weight excluding hydrogens is 361 g/mol. The van der Waals surface area contributed by atoms with Crippen molar-refractivity contribution in [1.29, 1.82) is 0 Å². The molecule has 0 aliphatic heterocycles. The lowest BCUT2D eigenvalue weighted by Gasteiger charge is -2.22. The Kier molecular flexibility index (Phi) is 7.44. The number of benzene rings is 2. The summed E-state index contributed by atoms with van der Waals surface area (Å²) in [5.74, 6) is -1.96. The number of hydrogen-bond acceptors (Lipinski definition) is 4. The van der Waals surface area contributed by atoms with E-state index in [-0.39, 0.29) is 30.9 Å². The SMILES string of the molecule is CCOC(=O)CN(C(=O)CCC(=O)c1ccc(C)c(C)c1)c1ccccc1F. The van der Waals surface area contributed by atoms with E-state index in [4.69, 9.17) is 4.74 Å². The number of amides is 1. The van der Waals surface area contributed by atoms with Crippen molar-refractivity contribution in [2.75, 3.05) is 18.1 Å². The molecule has 0 N–H and O–H groups in total. The Balaban J connectivity index is 2.13. The number of para-hydroxylation sites is 1. The van der Waals surface area contributed by atoms with E-state index in [1.54, 1.807) is 25.1 Å². The van der Waals surface area contributed by atoms with Crippen LogP contribution in [0.15, 0.2) is 42.5 Å². The topological polar surface area (TPSA) is 63.7 Å². The van der Waals surface area contributed by atoms with Crippen LogP contribution in [-0.2, 0) is 14.3 Å². The van der Waals surface area contributed by atoms with Gasteiger partial charge in [-0.05, 0) is 50.1 Å². The molecule has 0 atom stereocenters. The van der Waals surface area contributed by atoms with Crippen LogP contribution in [0.5, 0.6) is 0 Å². The summed E-state index contributed by atoms with van der Waals surface area (Å²) in [5, 5.41) is 0. The normalized spacial score (nSPS) is 10.4. The Morgan fingerprint density at radius 2 is 1.71 bits per heavy atom. The third kappa shape index (κ3) is 5.49. The van der Waals surface area contributed by atoms with Crippen LogP contribution in [0.25, 0.3) is 0 Å². The van der Waals surface area contributed by atoms with Gasteiger partial charge in [0.25, 0.3) is 0 Å². The zero-order chi connectivity index (χ0) is 20.7. The first kappa shape index (κ1) is 21.3. The smallest absolute Gasteiger partial charge is 0.326 e. The second kappa shape index (κ2) is 9.78. The average Bonchev–Trinajstić information content (AvgIpc) is 2.67. The van der Waals surface area contributed by atoms with Crippen LogP contribution in [0.1, 0.15) is 41.3 Å². The monoisotopic (exact) mass is 385 g/mol. The number of aryl methyl sites for hydroxylation is 2. The van der Waals surface area contributed by atoms with Gasteiger partial charge in [-0.2, -0.15) is 0 Å². The second-order valence-electron chi connectivity index (χ2n) is 6.46. The van der Waals surface area contributed by atoms with Crippen molar-refractivity contribution < 1.29 is 23.5 Å². The summed E-state index contributed by atoms with van der Waals surface area (Å²) in [6.45, 7) is 5.26. The number of Topliss-reactive ketones (excluding diaryl/α,β-unsaturated/α-hetero) is 1. The fraction of sp³-hybridized carbons (Fsp3) is 0.318. The molecule has 2 aromatic rings. The fourth-order valence-corrected chi connectivity index (χ4v) is 2.73. The lowest BCUT2D eigenvalue weighted by atomic mass is 10.0. The fourth-order valence-electron chi connectivity index (χ4n) is 2.73. The number of ether oxygens (including phenoxy) is 1. The van der Waals surface area contributed by atoms with Crippen LogP contribution in [-0.4, -0.2) is 30.8 Å². The predicted molar refractivity (Wildman–Crippen MR) is 105 cm³/mol. The molecule has 0 saturated heterocycles. The zero-order valence-electron chi connectivity index (χ0n) is 16.3. The Labute approximate surface area is 164 Å². The summed E-state index contributed by atoms with van der Waals surface area (Å²) in [5.41, 5.74) is 2.58. The molecule has 0 aromatic heterocycles. The minimum atomic E-state index is -0.639. The highest BCUT2D eigenvalue weighted by Gasteiger charge is 2.23. The van der Waals surface area contributed by atoms with E-state index in [9.17, 15) is 18.8 Å². The van der Waals surface area contributed by atoms with Gasteiger partial charge in [0, 0.05) is 18.4 Å². The van der Waals surface area contributed by atoms with Crippen molar-refractivity contribution in [2.24, 2.45) is 0 Å². The molecule has 28 heavy (non-hydrogen) atoms. The van der Waals surface area contributed by atoms with Crippen molar-refractivity contribution in [3.8, 4) is 0 Å². The summed E-state index contributed by atoms with van der Waals surface area (Å²) in [4.78, 5) is 38.0. The molecule has 0 radical (unpaired) electrons. The number of carbonyl (C=O) groups is 3. The maximum absolute atomic E-state index is 14.2. The Morgan fingerprint density at radius 1 is 1.00 bits per heavy atom. The molecule has 0 spiro atoms. The number of nitrogens with zero attached hydrogens (tertiary/aromatic N) is 1. The molecule has 5 nitrogen and oxygen atoms in total. The van der Waals surface area contributed by atoms with E-state index in [0.29, 0.717) is 5.56 Å². The van der Waals surface area contributed by atoms with Crippen molar-refractivity contribution in [2.45, 2.75) is 33.6 Å². The van der Waals surface area contributed by atoms with Crippen molar-refractivity contribution >= 4 is 23.3 Å². The van der Waals surface area contributed by atoms with Gasteiger partial charge in [0.05, 0.1) is 12.3 Å². The highest BCUT2D eigenvalue weighted by atomic mass is 19.1. The third-order valence-corrected chi connectivity index (χ3v) is 4.43. The van der Waals surface area contributed by atoms with Gasteiger partial charge in [-0.15, -0.1) is 0 Å². The average molecular weight is 385 g/mol. The maximum atomic E-state index is 14.2. The molecule has 1 amide bonds. The van der Waals surface area contributed by atoms with E-state index in [0.717, 1.165) is 16.0 Å². The quantitative estimate of drug-likeness (QED) is 0.509. The van der Waals surface area contributed by atoms with Crippen LogP contribution in [0.2, 0.25) is 0 Å². The van der Waals surface area contributed by atoms with Gasteiger partial charge in [-0.3, -0.25) is 19.3 Å². The molecule has 0 unspecified atom stereocenters. The molecular formula is C22H24FNO4. The number of anilines is 1. The highest BCUT2D eigenvalue weighted by molar-refractivity contribution is 6.02. The second-order valence-corrected chi connectivity index (χ2v) is 6.46. The van der Waals surface area contributed by atoms with Crippen molar-refractivity contribution in [3.63, 3.8) is 0 Å². The summed E-state index contributed by atoms with van der Waals surface area (Å²) in [6.07, 6.45) is -0.172. The Bertz CT molecular complexity index is 879. The predicted octanol–water partition coefficient (Wildman–Crippen LogP) is 4.00. The van der Waals surface area contributed by atoms with E-state index in [1.165, 1.54) is 18.2 Å². The first-order chi connectivity index (χ1) is 13.3. The molecule has 6 heteroatoms. The standard InChI is InChI=1S/C22H24FNO4/c1-4-28-22(27)14-24(19-8-6-5-7-18(19)23)21(26)12-11-20(25)17-10-9-15(2)16(3)13-17/h5-10,13H,4,11-12,14H2,1-3H3. The first-order valence-corrected chi connectivity index (χ1v) is 9.14. The summed E-state index contributed by atoms with van der Waals surface area (Å²) < 4.78 is 19.1. The van der Waals surface area contributed by atoms with Crippen LogP contribution < -0.4 is 4.90 Å². The highest BCUT2D eigenvalue weighted by Crippen LogP contribution is 2.21. The van der Waals surface area contributed by atoms with Gasteiger partial charge in [0.2, 0.25) is 5.91 Å². The molecule has 0 heterocycles. The largest absolute Gasteiger partial charge is 0.465 e. The maximum Gasteiger partial charge on any atom is 0.326 e. The van der Waals surface area contributed by atoms with Gasteiger partial charge < -0.3 is 4.74 Å². The van der Waals surface area contributed by atoms with Crippen LogP contribution in [0.4, 0.5) is 10.1 Å². The van der Waals surface area contributed by atoms with Crippen LogP contribution in [0.3, 0.4) is 0 Å². The van der Waals surface area contributed by atoms with Gasteiger partial charge in [-0.25, -0.2) is 4.39 Å². The minimum Gasteiger partial charge on any atom is -0.465 e. The molecule has 2 aromatic carbocycles. The number of carbonyl (C=O) groups excluding carboxylic acids is 3. The minimum absolute atomic E-state index is 0.0146. The molecule has 0 aliphatic carbocycles. The van der Waals surface area contributed by atoms with Gasteiger partial charge in [0.1, 0.15) is 12.4 Å². The van der Waals surface area contributed by atoms with E-state index in [1.807, 2.05) is 19.9 Å². The lowest BCUT2D eigenvalue weighted by molar-refractivity contribution is -0.142. The Morgan fingerprint density at radius 3 is 2.36 bits per heavy atom. The number of halogens is 1. The van der Waals surface area contributed by atoms with E-state index in [2.05, 4.69) is 0 Å². The summed E-state index contributed by atoms with van der Waals surface area (Å²) >= 11 is 0. The van der Waals surface area contributed by atoms with Crippen LogP contribution >= 0.6 is 0 Å². The number of ketones is 1. The summed E-state index contributed by atoms with van der Waals surface area (Å²) in [6, 6.07) is 11.1. The molecule has 0 bridgehead atoms. The van der Waals surface area contributed by atoms with Crippen LogP contribution in [0, 0.1) is 19.7 Å². The summed E-state index contributed by atoms with van der Waals surface area (Å²) in [7, 11) is 0. The van der Waals surface area contributed by atoms with Gasteiger partial charge >= 0.3 is 5.97 Å².